The zero-order chi connectivity index (χ0) is 25.6. The zero-order valence-electron chi connectivity index (χ0n) is 19.7. The second kappa shape index (κ2) is 11.3. The number of carbonyl (C=O) groups excluding carboxylic acids is 1. The van der Waals surface area contributed by atoms with Gasteiger partial charge in [-0.05, 0) is 54.8 Å². The number of carbonyl (C=O) groups is 1. The van der Waals surface area contributed by atoms with Gasteiger partial charge in [0.2, 0.25) is 26.0 Å². The number of hydrogen-bond acceptors (Lipinski definition) is 5. The van der Waals surface area contributed by atoms with Crippen molar-refractivity contribution in [2.45, 2.75) is 48.1 Å². The van der Waals surface area contributed by atoms with Crippen LogP contribution in [0.4, 0.5) is 5.69 Å². The van der Waals surface area contributed by atoms with E-state index in [1.807, 2.05) is 12.1 Å². The van der Waals surface area contributed by atoms with E-state index >= 15 is 0 Å². The van der Waals surface area contributed by atoms with Gasteiger partial charge in [-0.15, -0.1) is 0 Å². The highest BCUT2D eigenvalue weighted by Crippen LogP contribution is 2.23. The van der Waals surface area contributed by atoms with Crippen LogP contribution in [0.2, 0.25) is 0 Å². The third-order valence-electron chi connectivity index (χ3n) is 6.03. The minimum absolute atomic E-state index is 0.00443. The summed E-state index contributed by atoms with van der Waals surface area (Å²) in [5, 5.41) is 2.71. The average Bonchev–Trinajstić information content (AvgIpc) is 3.37. The van der Waals surface area contributed by atoms with Crippen molar-refractivity contribution in [1.29, 1.82) is 0 Å². The van der Waals surface area contributed by atoms with Crippen molar-refractivity contribution in [1.82, 2.24) is 9.03 Å². The Morgan fingerprint density at radius 2 is 1.33 bits per heavy atom. The summed E-state index contributed by atoms with van der Waals surface area (Å²) in [5.74, 6) is -0.485. The van der Waals surface area contributed by atoms with Crippen LogP contribution in [0, 0.1) is 0 Å². The van der Waals surface area contributed by atoms with E-state index < -0.39 is 32.5 Å². The van der Waals surface area contributed by atoms with Crippen LogP contribution in [-0.2, 0) is 31.4 Å². The van der Waals surface area contributed by atoms with Crippen molar-refractivity contribution in [2.75, 3.05) is 11.9 Å². The van der Waals surface area contributed by atoms with E-state index in [1.54, 1.807) is 48.5 Å². The maximum atomic E-state index is 13.5. The summed E-state index contributed by atoms with van der Waals surface area (Å²) in [4.78, 5) is 12.6. The Morgan fingerprint density at radius 3 is 1.94 bits per heavy atom. The van der Waals surface area contributed by atoms with E-state index in [1.165, 1.54) is 24.3 Å². The van der Waals surface area contributed by atoms with Crippen molar-refractivity contribution >= 4 is 31.6 Å². The maximum Gasteiger partial charge on any atom is 0.243 e. The monoisotopic (exact) mass is 527 g/mol. The van der Waals surface area contributed by atoms with Gasteiger partial charge in [-0.2, -0.15) is 4.31 Å². The van der Waals surface area contributed by atoms with Crippen LogP contribution in [0.3, 0.4) is 0 Å². The lowest BCUT2D eigenvalue weighted by atomic mass is 10.2. The summed E-state index contributed by atoms with van der Waals surface area (Å²) in [6.45, 7) is -0.427. The molecular formula is C26H29N3O5S2. The molecule has 4 rings (SSSR count). The Kier molecular flexibility index (Phi) is 8.20. The minimum Gasteiger partial charge on any atom is -0.325 e. The summed E-state index contributed by atoms with van der Waals surface area (Å²) in [7, 11) is -7.86. The Morgan fingerprint density at radius 1 is 0.778 bits per heavy atom. The van der Waals surface area contributed by atoms with E-state index in [2.05, 4.69) is 10.0 Å². The molecule has 0 spiro atoms. The van der Waals surface area contributed by atoms with Crippen LogP contribution < -0.4 is 10.0 Å². The van der Waals surface area contributed by atoms with E-state index in [0.717, 1.165) is 30.0 Å². The van der Waals surface area contributed by atoms with Crippen LogP contribution in [0.15, 0.2) is 94.7 Å². The summed E-state index contributed by atoms with van der Waals surface area (Å²) >= 11 is 0. The number of nitrogens with one attached hydrogen (secondary N) is 2. The van der Waals surface area contributed by atoms with Crippen molar-refractivity contribution in [3.8, 4) is 0 Å². The Labute approximate surface area is 212 Å². The lowest BCUT2D eigenvalue weighted by molar-refractivity contribution is -0.116. The largest absolute Gasteiger partial charge is 0.325 e. The topological polar surface area (TPSA) is 113 Å². The molecule has 1 fully saturated rings. The first kappa shape index (κ1) is 26.0. The van der Waals surface area contributed by atoms with Crippen LogP contribution in [0.5, 0.6) is 0 Å². The molecule has 3 aromatic rings. The van der Waals surface area contributed by atoms with Gasteiger partial charge in [0.1, 0.15) is 0 Å². The fourth-order valence-corrected chi connectivity index (χ4v) is 6.86. The van der Waals surface area contributed by atoms with Crippen LogP contribution >= 0.6 is 0 Å². The standard InChI is InChI=1S/C26H29N3O5S2/c30-26(27-22-11-5-2-6-12-22)20-29(19-21-9-3-1-4-10-21)36(33,34)25-17-15-24(16-18-25)35(31,32)28-23-13-7-8-14-23/h1-6,9-12,15-18,23,28H,7-8,13-14,19-20H2,(H,27,30). The molecule has 0 bridgehead atoms. The zero-order valence-corrected chi connectivity index (χ0v) is 21.3. The molecule has 10 heteroatoms. The number of para-hydroxylation sites is 1. The van der Waals surface area contributed by atoms with Gasteiger partial charge in [0.25, 0.3) is 0 Å². The minimum atomic E-state index is -4.11. The first-order chi connectivity index (χ1) is 17.2. The van der Waals surface area contributed by atoms with Gasteiger partial charge in [0.15, 0.2) is 0 Å². The summed E-state index contributed by atoms with van der Waals surface area (Å²) in [5.41, 5.74) is 1.28. The molecule has 0 saturated heterocycles. The molecule has 3 aromatic carbocycles. The van der Waals surface area contributed by atoms with Gasteiger partial charge in [-0.1, -0.05) is 61.4 Å². The van der Waals surface area contributed by atoms with Crippen molar-refractivity contribution in [2.24, 2.45) is 0 Å². The molecule has 0 atom stereocenters. The fraction of sp³-hybridized carbons (Fsp3) is 0.269. The van der Waals surface area contributed by atoms with Gasteiger partial charge in [0, 0.05) is 18.3 Å². The summed E-state index contributed by atoms with van der Waals surface area (Å²) in [6.07, 6.45) is 3.56. The Hall–Kier alpha value is -3.05. The molecule has 36 heavy (non-hydrogen) atoms. The molecule has 8 nitrogen and oxygen atoms in total. The normalized spacial score (nSPS) is 14.7. The molecule has 1 aliphatic rings. The van der Waals surface area contributed by atoms with Crippen LogP contribution in [-0.4, -0.2) is 39.6 Å². The van der Waals surface area contributed by atoms with E-state index in [-0.39, 0.29) is 22.4 Å². The van der Waals surface area contributed by atoms with Gasteiger partial charge < -0.3 is 5.32 Å². The third kappa shape index (κ3) is 6.58. The highest BCUT2D eigenvalue weighted by atomic mass is 32.2. The predicted molar refractivity (Wildman–Crippen MR) is 138 cm³/mol. The molecule has 1 saturated carbocycles. The molecule has 0 aromatic heterocycles. The molecular weight excluding hydrogens is 498 g/mol. The summed E-state index contributed by atoms with van der Waals surface area (Å²) < 4.78 is 56.3. The van der Waals surface area contributed by atoms with Crippen LogP contribution in [0.25, 0.3) is 0 Å². The fourth-order valence-electron chi connectivity index (χ4n) is 4.17. The van der Waals surface area contributed by atoms with Gasteiger partial charge in [-0.3, -0.25) is 4.79 Å². The second-order valence-corrected chi connectivity index (χ2v) is 12.4. The van der Waals surface area contributed by atoms with E-state index in [4.69, 9.17) is 0 Å². The molecule has 2 N–H and O–H groups in total. The van der Waals surface area contributed by atoms with Gasteiger partial charge in [-0.25, -0.2) is 21.6 Å². The number of amides is 1. The first-order valence-corrected chi connectivity index (χ1v) is 14.7. The quantitative estimate of drug-likeness (QED) is 0.417. The summed E-state index contributed by atoms with van der Waals surface area (Å²) in [6, 6.07) is 22.8. The number of sulfonamides is 2. The Balaban J connectivity index is 1.56. The molecule has 1 aliphatic carbocycles. The molecule has 0 heterocycles. The highest BCUT2D eigenvalue weighted by molar-refractivity contribution is 7.89. The maximum absolute atomic E-state index is 13.5. The average molecular weight is 528 g/mol. The number of rotatable bonds is 10. The predicted octanol–water partition coefficient (Wildman–Crippen LogP) is 3.74. The lowest BCUT2D eigenvalue weighted by Crippen LogP contribution is -2.37. The number of hydrogen-bond donors (Lipinski definition) is 2. The molecule has 0 unspecified atom stereocenters. The number of nitrogens with zero attached hydrogens (tertiary/aromatic N) is 1. The van der Waals surface area contributed by atoms with Gasteiger partial charge >= 0.3 is 0 Å². The Bertz CT molecular complexity index is 1370. The number of benzene rings is 3. The molecule has 1 amide bonds. The van der Waals surface area contributed by atoms with Crippen molar-refractivity contribution in [3.63, 3.8) is 0 Å². The third-order valence-corrected chi connectivity index (χ3v) is 9.37. The van der Waals surface area contributed by atoms with Crippen molar-refractivity contribution in [3.05, 3.63) is 90.5 Å². The first-order valence-electron chi connectivity index (χ1n) is 11.8. The molecule has 0 radical (unpaired) electrons. The van der Waals surface area contributed by atoms with Crippen LogP contribution in [0.1, 0.15) is 31.2 Å². The van der Waals surface area contributed by atoms with E-state index in [9.17, 15) is 21.6 Å². The van der Waals surface area contributed by atoms with E-state index in [0.29, 0.717) is 11.3 Å². The SMILES string of the molecule is O=C(CN(Cc1ccccc1)S(=O)(=O)c1ccc(S(=O)(=O)NC2CCCC2)cc1)Nc1ccccc1. The number of anilines is 1. The molecule has 0 aliphatic heterocycles. The van der Waals surface area contributed by atoms with Gasteiger partial charge in [0.05, 0.1) is 16.3 Å². The smallest absolute Gasteiger partial charge is 0.243 e. The highest BCUT2D eigenvalue weighted by Gasteiger charge is 2.28. The second-order valence-electron chi connectivity index (χ2n) is 8.75. The molecule has 190 valence electrons. The lowest BCUT2D eigenvalue weighted by Gasteiger charge is -2.22. The van der Waals surface area contributed by atoms with Crippen molar-refractivity contribution < 1.29 is 21.6 Å².